The third kappa shape index (κ3) is 1.37. The molecule has 0 saturated heterocycles. The molecule has 1 heterocycles. The van der Waals surface area contributed by atoms with Gasteiger partial charge in [0.1, 0.15) is 6.10 Å². The second-order valence-electron chi connectivity index (χ2n) is 4.69. The topological polar surface area (TPSA) is 114 Å². The van der Waals surface area contributed by atoms with Crippen LogP contribution in [0.1, 0.15) is 24.2 Å². The lowest BCUT2D eigenvalue weighted by Crippen LogP contribution is -2.58. The summed E-state index contributed by atoms with van der Waals surface area (Å²) in [5.41, 5.74) is -3.42. The number of benzene rings is 1. The average molecular weight is 263 g/mol. The van der Waals surface area contributed by atoms with Gasteiger partial charge in [-0.05, 0) is 5.56 Å². The van der Waals surface area contributed by atoms with Gasteiger partial charge >= 0.3 is 0 Å². The molecule has 7 nitrogen and oxygen atoms in total. The van der Waals surface area contributed by atoms with Gasteiger partial charge in [0.2, 0.25) is 23.3 Å². The first kappa shape index (κ1) is 12.1. The predicted octanol–water partition coefficient (Wildman–Crippen LogP) is -1.34. The summed E-state index contributed by atoms with van der Waals surface area (Å²) in [7, 11) is 0. The summed E-state index contributed by atoms with van der Waals surface area (Å²) in [4.78, 5) is 14.9. The maximum absolute atomic E-state index is 11.0. The van der Waals surface area contributed by atoms with Crippen LogP contribution in [0.2, 0.25) is 0 Å². The molecule has 19 heavy (non-hydrogen) atoms. The summed E-state index contributed by atoms with van der Waals surface area (Å²) < 4.78 is 0. The minimum atomic E-state index is -2.09. The number of rotatable bonds is 0. The van der Waals surface area contributed by atoms with E-state index in [0.717, 1.165) is 0 Å². The molecule has 0 spiro atoms. The Balaban J connectivity index is 2.13. The van der Waals surface area contributed by atoms with E-state index in [1.165, 1.54) is 6.92 Å². The average Bonchev–Trinajstić information content (AvgIpc) is 2.68. The summed E-state index contributed by atoms with van der Waals surface area (Å²) in [6.45, 7) is 1.27. The number of carbonyl (C=O) groups excluding carboxylic acids is 1. The van der Waals surface area contributed by atoms with Crippen LogP contribution in [0.3, 0.4) is 0 Å². The Morgan fingerprint density at radius 2 is 2.11 bits per heavy atom. The summed E-state index contributed by atoms with van der Waals surface area (Å²) >= 11 is 0. The molecule has 2 aliphatic rings. The van der Waals surface area contributed by atoms with Crippen LogP contribution < -0.4 is 10.6 Å². The summed E-state index contributed by atoms with van der Waals surface area (Å²) in [5, 5.41) is 36.1. The molecule has 1 aromatic carbocycles. The quantitative estimate of drug-likeness (QED) is 0.397. The van der Waals surface area contributed by atoms with E-state index < -0.39 is 23.5 Å². The van der Waals surface area contributed by atoms with Crippen molar-refractivity contribution in [3.8, 4) is 0 Å². The number of amides is 1. The van der Waals surface area contributed by atoms with Crippen molar-refractivity contribution < 1.29 is 20.1 Å². The maximum Gasteiger partial charge on any atom is 0.237 e. The van der Waals surface area contributed by atoms with Gasteiger partial charge in [-0.1, -0.05) is 24.3 Å². The summed E-state index contributed by atoms with van der Waals surface area (Å²) in [5.74, 6) is -0.479. The zero-order valence-electron chi connectivity index (χ0n) is 10.1. The third-order valence-corrected chi connectivity index (χ3v) is 3.44. The Labute approximate surface area is 108 Å². The molecule has 0 bridgehead atoms. The van der Waals surface area contributed by atoms with Crippen molar-refractivity contribution >= 4 is 11.9 Å². The van der Waals surface area contributed by atoms with Crippen LogP contribution in [0, 0.1) is 0 Å². The molecule has 3 rings (SSSR count). The van der Waals surface area contributed by atoms with Crippen LogP contribution in [-0.4, -0.2) is 32.9 Å². The van der Waals surface area contributed by atoms with Crippen molar-refractivity contribution in [3.05, 3.63) is 35.4 Å². The lowest BCUT2D eigenvalue weighted by molar-refractivity contribution is -0.189. The fourth-order valence-electron chi connectivity index (χ4n) is 2.57. The molecular formula is C12H13N3O4. The van der Waals surface area contributed by atoms with Crippen LogP contribution >= 0.6 is 0 Å². The van der Waals surface area contributed by atoms with Gasteiger partial charge in [0.15, 0.2) is 0 Å². The van der Waals surface area contributed by atoms with Gasteiger partial charge in [-0.3, -0.25) is 10.1 Å². The maximum atomic E-state index is 11.0. The minimum absolute atomic E-state index is 0.0777. The molecule has 3 unspecified atom stereocenters. The second-order valence-corrected chi connectivity index (χ2v) is 4.69. The number of aliphatic hydroxyl groups is 3. The number of fused-ring (bicyclic) bond motifs is 3. The standard InChI is InChI=1S/C12H13N3O4/c1-6(16)13-10-14-11(18)8-5-3-2-4-7(8)9(17)12(11,19)15-10/h2-5,9,17-19H,1H3,(H2,13,14,15,16). The highest BCUT2D eigenvalue weighted by Gasteiger charge is 2.66. The number of nitrogens with one attached hydrogen (secondary N) is 2. The lowest BCUT2D eigenvalue weighted by Gasteiger charge is -2.31. The molecular weight excluding hydrogens is 250 g/mol. The molecule has 0 fully saturated rings. The minimum Gasteiger partial charge on any atom is -0.383 e. The number of nitrogens with zero attached hydrogens (tertiary/aromatic N) is 1. The van der Waals surface area contributed by atoms with Gasteiger partial charge in [0, 0.05) is 12.5 Å². The Morgan fingerprint density at radius 3 is 2.79 bits per heavy atom. The van der Waals surface area contributed by atoms with E-state index in [4.69, 9.17) is 0 Å². The SMILES string of the molecule is CC(=O)NC1=NC2(O)c3ccccc3C(O)C2(O)N1. The van der Waals surface area contributed by atoms with Crippen molar-refractivity contribution in [1.29, 1.82) is 0 Å². The monoisotopic (exact) mass is 263 g/mol. The highest BCUT2D eigenvalue weighted by atomic mass is 16.4. The van der Waals surface area contributed by atoms with Crippen LogP contribution in [0.25, 0.3) is 0 Å². The normalized spacial score (nSPS) is 35.2. The smallest absolute Gasteiger partial charge is 0.237 e. The van der Waals surface area contributed by atoms with Crippen molar-refractivity contribution in [2.24, 2.45) is 4.99 Å². The molecule has 3 atom stereocenters. The van der Waals surface area contributed by atoms with E-state index >= 15 is 0 Å². The van der Waals surface area contributed by atoms with Gasteiger partial charge in [0.05, 0.1) is 0 Å². The fourth-order valence-corrected chi connectivity index (χ4v) is 2.57. The van der Waals surface area contributed by atoms with E-state index in [1.807, 2.05) is 0 Å². The number of hydrogen-bond acceptors (Lipinski definition) is 6. The third-order valence-electron chi connectivity index (χ3n) is 3.44. The fraction of sp³-hybridized carbons (Fsp3) is 0.333. The molecule has 1 aliphatic carbocycles. The first-order valence-corrected chi connectivity index (χ1v) is 5.76. The van der Waals surface area contributed by atoms with Crippen molar-refractivity contribution in [2.45, 2.75) is 24.5 Å². The second kappa shape index (κ2) is 3.53. The molecule has 100 valence electrons. The Morgan fingerprint density at radius 1 is 1.42 bits per heavy atom. The highest BCUT2D eigenvalue weighted by Crippen LogP contribution is 2.52. The molecule has 1 amide bonds. The molecule has 0 aromatic heterocycles. The van der Waals surface area contributed by atoms with Crippen molar-refractivity contribution in [2.75, 3.05) is 0 Å². The Kier molecular flexibility index (Phi) is 2.25. The largest absolute Gasteiger partial charge is 0.383 e. The zero-order valence-corrected chi connectivity index (χ0v) is 10.1. The summed E-state index contributed by atoms with van der Waals surface area (Å²) in [6.07, 6.45) is -1.36. The number of aliphatic hydroxyl groups excluding tert-OH is 1. The number of hydrogen-bond donors (Lipinski definition) is 5. The van der Waals surface area contributed by atoms with E-state index in [1.54, 1.807) is 24.3 Å². The van der Waals surface area contributed by atoms with Crippen molar-refractivity contribution in [3.63, 3.8) is 0 Å². The first-order chi connectivity index (χ1) is 8.88. The highest BCUT2D eigenvalue weighted by molar-refractivity contribution is 5.97. The zero-order chi connectivity index (χ0) is 13.8. The molecule has 5 N–H and O–H groups in total. The van der Waals surface area contributed by atoms with E-state index in [9.17, 15) is 20.1 Å². The molecule has 0 saturated carbocycles. The Hall–Kier alpha value is -1.96. The molecule has 1 aliphatic heterocycles. The van der Waals surface area contributed by atoms with Crippen LogP contribution in [0.4, 0.5) is 0 Å². The van der Waals surface area contributed by atoms with Gasteiger partial charge in [-0.15, -0.1) is 0 Å². The van der Waals surface area contributed by atoms with E-state index in [-0.39, 0.29) is 5.96 Å². The predicted molar refractivity (Wildman–Crippen MR) is 64.6 cm³/mol. The number of guanidine groups is 1. The van der Waals surface area contributed by atoms with Gasteiger partial charge in [0.25, 0.3) is 0 Å². The summed E-state index contributed by atoms with van der Waals surface area (Å²) in [6, 6.07) is 6.53. The molecule has 7 heteroatoms. The van der Waals surface area contributed by atoms with Gasteiger partial charge < -0.3 is 20.6 Å². The first-order valence-electron chi connectivity index (χ1n) is 5.76. The van der Waals surface area contributed by atoms with E-state index in [0.29, 0.717) is 11.1 Å². The number of aliphatic imine (C=N–C) groups is 1. The molecule has 1 aromatic rings. The van der Waals surface area contributed by atoms with Crippen LogP contribution in [0.15, 0.2) is 29.3 Å². The lowest BCUT2D eigenvalue weighted by atomic mass is 10.0. The van der Waals surface area contributed by atoms with Gasteiger partial charge in [-0.25, -0.2) is 4.99 Å². The van der Waals surface area contributed by atoms with Crippen LogP contribution in [0.5, 0.6) is 0 Å². The van der Waals surface area contributed by atoms with Crippen LogP contribution in [-0.2, 0) is 10.5 Å². The van der Waals surface area contributed by atoms with E-state index in [2.05, 4.69) is 15.6 Å². The van der Waals surface area contributed by atoms with Gasteiger partial charge in [-0.2, -0.15) is 0 Å². The Bertz CT molecular complexity index is 602. The van der Waals surface area contributed by atoms with Crippen molar-refractivity contribution in [1.82, 2.24) is 10.6 Å². The number of carbonyl (C=O) groups is 1. The molecule has 0 radical (unpaired) electrons.